The van der Waals surface area contributed by atoms with Crippen molar-refractivity contribution in [2.45, 2.75) is 50.9 Å². The van der Waals surface area contributed by atoms with E-state index in [2.05, 4.69) is 15.0 Å². The molecule has 0 bridgehead atoms. The van der Waals surface area contributed by atoms with E-state index in [9.17, 15) is 0 Å². The molecule has 20 heavy (non-hydrogen) atoms. The van der Waals surface area contributed by atoms with E-state index in [1.54, 1.807) is 0 Å². The Labute approximate surface area is 120 Å². The van der Waals surface area contributed by atoms with Crippen molar-refractivity contribution in [1.29, 1.82) is 0 Å². The Morgan fingerprint density at radius 1 is 1.15 bits per heavy atom. The summed E-state index contributed by atoms with van der Waals surface area (Å²) in [5.74, 6) is 1.98. The summed E-state index contributed by atoms with van der Waals surface area (Å²) in [6, 6.07) is 0. The van der Waals surface area contributed by atoms with Crippen molar-refractivity contribution < 1.29 is 9.26 Å². The molecule has 1 aromatic heterocycles. The first kappa shape index (κ1) is 14.0. The lowest BCUT2D eigenvalue weighted by atomic mass is 10.1. The van der Waals surface area contributed by atoms with Crippen molar-refractivity contribution in [3.05, 3.63) is 11.7 Å². The van der Waals surface area contributed by atoms with Crippen molar-refractivity contribution in [3.8, 4) is 0 Å². The van der Waals surface area contributed by atoms with E-state index >= 15 is 0 Å². The number of hydrogen-bond acceptors (Lipinski definition) is 5. The Kier molecular flexibility index (Phi) is 5.03. The van der Waals surface area contributed by atoms with Crippen molar-refractivity contribution in [1.82, 2.24) is 15.0 Å². The molecule has 0 aliphatic carbocycles. The predicted molar refractivity (Wildman–Crippen MR) is 75.7 cm³/mol. The van der Waals surface area contributed by atoms with Crippen LogP contribution in [0.1, 0.15) is 56.2 Å². The summed E-state index contributed by atoms with van der Waals surface area (Å²) >= 11 is 0. The zero-order valence-corrected chi connectivity index (χ0v) is 12.2. The molecule has 1 unspecified atom stereocenters. The van der Waals surface area contributed by atoms with Gasteiger partial charge < -0.3 is 14.2 Å². The number of aromatic nitrogens is 2. The molecule has 0 amide bonds. The third kappa shape index (κ3) is 3.79. The molecule has 5 nitrogen and oxygen atoms in total. The molecule has 2 aliphatic heterocycles. The van der Waals surface area contributed by atoms with E-state index in [4.69, 9.17) is 9.26 Å². The fourth-order valence-electron chi connectivity index (χ4n) is 3.09. The summed E-state index contributed by atoms with van der Waals surface area (Å²) in [5, 5.41) is 4.10. The van der Waals surface area contributed by atoms with E-state index in [-0.39, 0.29) is 0 Å². The van der Waals surface area contributed by atoms with Gasteiger partial charge in [0.15, 0.2) is 5.82 Å². The van der Waals surface area contributed by atoms with E-state index in [1.165, 1.54) is 38.8 Å². The smallest absolute Gasteiger partial charge is 0.226 e. The monoisotopic (exact) mass is 279 g/mol. The molecule has 0 radical (unpaired) electrons. The minimum Gasteiger partial charge on any atom is -0.381 e. The van der Waals surface area contributed by atoms with Crippen molar-refractivity contribution in [2.75, 3.05) is 32.8 Å². The van der Waals surface area contributed by atoms with Crippen LogP contribution < -0.4 is 0 Å². The molecule has 0 N–H and O–H groups in total. The fraction of sp³-hybridized carbons (Fsp3) is 0.867. The molecule has 0 saturated carbocycles. The third-order valence-electron chi connectivity index (χ3n) is 4.34. The molecule has 2 fully saturated rings. The van der Waals surface area contributed by atoms with E-state index in [1.807, 2.05) is 0 Å². The van der Waals surface area contributed by atoms with Gasteiger partial charge in [0.05, 0.1) is 6.61 Å². The second-order valence-corrected chi connectivity index (χ2v) is 5.97. The van der Waals surface area contributed by atoms with Crippen molar-refractivity contribution in [2.24, 2.45) is 0 Å². The summed E-state index contributed by atoms with van der Waals surface area (Å²) in [6.07, 6.45) is 8.53. The Morgan fingerprint density at radius 3 is 2.75 bits per heavy atom. The number of likely N-dealkylation sites (tertiary alicyclic amines) is 1. The average molecular weight is 279 g/mol. The highest BCUT2D eigenvalue weighted by Gasteiger charge is 2.23. The van der Waals surface area contributed by atoms with Crippen LogP contribution >= 0.6 is 0 Å². The highest BCUT2D eigenvalue weighted by Crippen LogP contribution is 2.22. The summed E-state index contributed by atoms with van der Waals surface area (Å²) in [7, 11) is 0. The summed E-state index contributed by atoms with van der Waals surface area (Å²) in [4.78, 5) is 7.10. The standard InChI is InChI=1S/C15H25N3O2/c1-2-4-9-18(8-3-1)10-5-6-14-16-15(17-20-14)13-7-11-19-12-13/h13H,1-12H2. The van der Waals surface area contributed by atoms with Gasteiger partial charge in [-0.05, 0) is 45.3 Å². The minimum absolute atomic E-state index is 0.345. The second-order valence-electron chi connectivity index (χ2n) is 5.97. The van der Waals surface area contributed by atoms with Crippen LogP contribution in [0.25, 0.3) is 0 Å². The van der Waals surface area contributed by atoms with Crippen LogP contribution in [0.4, 0.5) is 0 Å². The predicted octanol–water partition coefficient (Wildman–Crippen LogP) is 2.38. The molecule has 2 saturated heterocycles. The summed E-state index contributed by atoms with van der Waals surface area (Å²) in [6.45, 7) is 5.24. The van der Waals surface area contributed by atoms with E-state index in [0.717, 1.165) is 50.7 Å². The van der Waals surface area contributed by atoms with Crippen LogP contribution in [0.15, 0.2) is 4.52 Å². The second kappa shape index (κ2) is 7.18. The molecule has 112 valence electrons. The van der Waals surface area contributed by atoms with Gasteiger partial charge in [-0.2, -0.15) is 4.98 Å². The van der Waals surface area contributed by atoms with Crippen molar-refractivity contribution in [3.63, 3.8) is 0 Å². The van der Waals surface area contributed by atoms with Crippen LogP contribution in [0.3, 0.4) is 0 Å². The van der Waals surface area contributed by atoms with Gasteiger partial charge in [-0.15, -0.1) is 0 Å². The SMILES string of the molecule is C1CCCN(CCCc2nc(C3CCOC3)no2)CC1. The molecule has 3 heterocycles. The van der Waals surface area contributed by atoms with Crippen LogP contribution in [-0.4, -0.2) is 47.9 Å². The average Bonchev–Trinajstić information content (AvgIpc) is 3.07. The van der Waals surface area contributed by atoms with Gasteiger partial charge in [0.1, 0.15) is 0 Å². The van der Waals surface area contributed by atoms with E-state index in [0.29, 0.717) is 5.92 Å². The number of aryl methyl sites for hydroxylation is 1. The maximum absolute atomic E-state index is 5.36. The highest BCUT2D eigenvalue weighted by molar-refractivity contribution is 4.97. The van der Waals surface area contributed by atoms with Gasteiger partial charge in [0, 0.05) is 18.9 Å². The third-order valence-corrected chi connectivity index (χ3v) is 4.34. The van der Waals surface area contributed by atoms with Gasteiger partial charge >= 0.3 is 0 Å². The number of nitrogens with zero attached hydrogens (tertiary/aromatic N) is 3. The largest absolute Gasteiger partial charge is 0.381 e. The van der Waals surface area contributed by atoms with Crippen LogP contribution in [0, 0.1) is 0 Å². The molecule has 0 spiro atoms. The Morgan fingerprint density at radius 2 is 2.00 bits per heavy atom. The van der Waals surface area contributed by atoms with Crippen LogP contribution in [-0.2, 0) is 11.2 Å². The molecule has 2 aliphatic rings. The molecular weight excluding hydrogens is 254 g/mol. The minimum atomic E-state index is 0.345. The highest BCUT2D eigenvalue weighted by atomic mass is 16.5. The van der Waals surface area contributed by atoms with E-state index < -0.39 is 0 Å². The molecule has 1 atom stereocenters. The zero-order chi connectivity index (χ0) is 13.6. The molecule has 1 aromatic rings. The van der Waals surface area contributed by atoms with Gasteiger partial charge in [0.2, 0.25) is 5.89 Å². The van der Waals surface area contributed by atoms with Crippen molar-refractivity contribution >= 4 is 0 Å². The maximum Gasteiger partial charge on any atom is 0.226 e. The first-order valence-electron chi connectivity index (χ1n) is 8.04. The lowest BCUT2D eigenvalue weighted by Crippen LogP contribution is -2.26. The van der Waals surface area contributed by atoms with Crippen LogP contribution in [0.5, 0.6) is 0 Å². The van der Waals surface area contributed by atoms with Gasteiger partial charge in [-0.25, -0.2) is 0 Å². The first-order valence-corrected chi connectivity index (χ1v) is 8.04. The molecule has 0 aromatic carbocycles. The fourth-order valence-corrected chi connectivity index (χ4v) is 3.09. The molecule has 5 heteroatoms. The lowest BCUT2D eigenvalue weighted by molar-refractivity contribution is 0.192. The molecule has 3 rings (SSSR count). The number of ether oxygens (including phenoxy) is 1. The zero-order valence-electron chi connectivity index (χ0n) is 12.2. The lowest BCUT2D eigenvalue weighted by Gasteiger charge is -2.18. The Hall–Kier alpha value is -0.940. The topological polar surface area (TPSA) is 51.4 Å². The quantitative estimate of drug-likeness (QED) is 0.828. The normalized spacial score (nSPS) is 24.9. The maximum atomic E-state index is 5.36. The number of rotatable bonds is 5. The Bertz CT molecular complexity index is 394. The number of hydrogen-bond donors (Lipinski definition) is 0. The van der Waals surface area contributed by atoms with Gasteiger partial charge in [-0.3, -0.25) is 0 Å². The molecular formula is C15H25N3O2. The summed E-state index contributed by atoms with van der Waals surface area (Å²) in [5.41, 5.74) is 0. The first-order chi connectivity index (χ1) is 9.92. The van der Waals surface area contributed by atoms with Gasteiger partial charge in [0.25, 0.3) is 0 Å². The Balaban J connectivity index is 1.41. The summed E-state index contributed by atoms with van der Waals surface area (Å²) < 4.78 is 10.7. The van der Waals surface area contributed by atoms with Gasteiger partial charge in [-0.1, -0.05) is 18.0 Å². The van der Waals surface area contributed by atoms with Crippen LogP contribution in [0.2, 0.25) is 0 Å².